The predicted octanol–water partition coefficient (Wildman–Crippen LogP) is 3.41. The van der Waals surface area contributed by atoms with E-state index in [4.69, 9.17) is 16.3 Å². The maximum atomic E-state index is 5.72. The molecule has 3 heteroatoms. The van der Waals surface area contributed by atoms with E-state index < -0.39 is 0 Å². The van der Waals surface area contributed by atoms with Gasteiger partial charge in [-0.2, -0.15) is 0 Å². The molecular formula is C12H10ClNO. The monoisotopic (exact) mass is 219 g/mol. The van der Waals surface area contributed by atoms with Gasteiger partial charge < -0.3 is 4.74 Å². The molecule has 2 nitrogen and oxygen atoms in total. The van der Waals surface area contributed by atoms with Crippen LogP contribution in [0.15, 0.2) is 42.6 Å². The first-order chi connectivity index (χ1) is 7.29. The fourth-order valence-electron chi connectivity index (χ4n) is 1.35. The van der Waals surface area contributed by atoms with Crippen molar-refractivity contribution in [2.45, 2.75) is 0 Å². The van der Waals surface area contributed by atoms with Crippen LogP contribution < -0.4 is 4.74 Å². The highest BCUT2D eigenvalue weighted by Gasteiger charge is 1.99. The molecule has 15 heavy (non-hydrogen) atoms. The molecule has 0 bridgehead atoms. The van der Waals surface area contributed by atoms with Crippen LogP contribution in [0, 0.1) is 0 Å². The Balaban J connectivity index is 2.40. The van der Waals surface area contributed by atoms with Gasteiger partial charge in [-0.15, -0.1) is 0 Å². The minimum Gasteiger partial charge on any atom is -0.497 e. The van der Waals surface area contributed by atoms with Crippen molar-refractivity contribution in [3.8, 4) is 16.9 Å². The molecule has 0 atom stereocenters. The van der Waals surface area contributed by atoms with Crippen LogP contribution >= 0.6 is 11.6 Å². The van der Waals surface area contributed by atoms with Crippen LogP contribution in [0.4, 0.5) is 0 Å². The molecule has 0 unspecified atom stereocenters. The lowest BCUT2D eigenvalue weighted by Crippen LogP contribution is -1.84. The summed E-state index contributed by atoms with van der Waals surface area (Å²) in [5, 5.41) is 0.502. The smallest absolute Gasteiger partial charge is 0.129 e. The fourth-order valence-corrected chi connectivity index (χ4v) is 1.46. The van der Waals surface area contributed by atoms with E-state index in [1.54, 1.807) is 19.4 Å². The van der Waals surface area contributed by atoms with Crippen molar-refractivity contribution in [1.82, 2.24) is 4.98 Å². The SMILES string of the molecule is COc1cccc(-c2ccc(Cl)nc2)c1. The van der Waals surface area contributed by atoms with E-state index in [9.17, 15) is 0 Å². The molecule has 2 rings (SSSR count). The third-order valence-electron chi connectivity index (χ3n) is 2.13. The third-order valence-corrected chi connectivity index (χ3v) is 2.35. The Bertz CT molecular complexity index is 453. The van der Waals surface area contributed by atoms with Crippen LogP contribution in [0.1, 0.15) is 0 Å². The zero-order valence-electron chi connectivity index (χ0n) is 8.27. The van der Waals surface area contributed by atoms with Crippen molar-refractivity contribution in [3.63, 3.8) is 0 Å². The number of hydrogen-bond donors (Lipinski definition) is 0. The van der Waals surface area contributed by atoms with Crippen LogP contribution in [-0.4, -0.2) is 12.1 Å². The second-order valence-corrected chi connectivity index (χ2v) is 3.49. The van der Waals surface area contributed by atoms with E-state index in [2.05, 4.69) is 4.98 Å². The maximum absolute atomic E-state index is 5.72. The van der Waals surface area contributed by atoms with Crippen LogP contribution in [0.5, 0.6) is 5.75 Å². The number of nitrogens with zero attached hydrogens (tertiary/aromatic N) is 1. The fraction of sp³-hybridized carbons (Fsp3) is 0.0833. The molecule has 0 radical (unpaired) electrons. The number of pyridine rings is 1. The average Bonchev–Trinajstić information content (AvgIpc) is 2.30. The first kappa shape index (κ1) is 9.99. The van der Waals surface area contributed by atoms with Crippen LogP contribution in [0.25, 0.3) is 11.1 Å². The molecule has 1 aromatic heterocycles. The minimum atomic E-state index is 0.502. The normalized spacial score (nSPS) is 10.0. The molecule has 76 valence electrons. The van der Waals surface area contributed by atoms with Crippen molar-refractivity contribution >= 4 is 11.6 Å². The van der Waals surface area contributed by atoms with Gasteiger partial charge in [0, 0.05) is 11.8 Å². The van der Waals surface area contributed by atoms with Gasteiger partial charge in [-0.25, -0.2) is 4.98 Å². The lowest BCUT2D eigenvalue weighted by molar-refractivity contribution is 0.415. The molecule has 0 aliphatic carbocycles. The summed E-state index contributed by atoms with van der Waals surface area (Å²) in [7, 11) is 1.65. The standard InChI is InChI=1S/C12H10ClNO/c1-15-11-4-2-3-9(7-11)10-5-6-12(13)14-8-10/h2-8H,1H3. The number of aromatic nitrogens is 1. The van der Waals surface area contributed by atoms with Gasteiger partial charge in [-0.1, -0.05) is 23.7 Å². The quantitative estimate of drug-likeness (QED) is 0.723. The van der Waals surface area contributed by atoms with Crippen molar-refractivity contribution in [3.05, 3.63) is 47.7 Å². The highest BCUT2D eigenvalue weighted by molar-refractivity contribution is 6.29. The van der Waals surface area contributed by atoms with Crippen molar-refractivity contribution in [1.29, 1.82) is 0 Å². The largest absolute Gasteiger partial charge is 0.497 e. The van der Waals surface area contributed by atoms with Gasteiger partial charge in [0.25, 0.3) is 0 Å². The second kappa shape index (κ2) is 4.32. The van der Waals surface area contributed by atoms with E-state index in [1.165, 1.54) is 0 Å². The summed E-state index contributed by atoms with van der Waals surface area (Å²) < 4.78 is 5.15. The van der Waals surface area contributed by atoms with Gasteiger partial charge >= 0.3 is 0 Å². The minimum absolute atomic E-state index is 0.502. The van der Waals surface area contributed by atoms with Gasteiger partial charge in [0.2, 0.25) is 0 Å². The van der Waals surface area contributed by atoms with E-state index in [1.807, 2.05) is 30.3 Å². The summed E-state index contributed by atoms with van der Waals surface area (Å²) in [6, 6.07) is 11.5. The predicted molar refractivity (Wildman–Crippen MR) is 61.2 cm³/mol. The summed E-state index contributed by atoms with van der Waals surface area (Å²) in [6.45, 7) is 0. The van der Waals surface area contributed by atoms with Gasteiger partial charge in [-0.3, -0.25) is 0 Å². The summed E-state index contributed by atoms with van der Waals surface area (Å²) in [6.07, 6.45) is 1.75. The Morgan fingerprint density at radius 1 is 1.13 bits per heavy atom. The Kier molecular flexibility index (Phi) is 2.88. The van der Waals surface area contributed by atoms with Gasteiger partial charge in [-0.05, 0) is 29.8 Å². The van der Waals surface area contributed by atoms with Crippen molar-refractivity contribution in [2.24, 2.45) is 0 Å². The molecule has 0 saturated carbocycles. The Hall–Kier alpha value is -1.54. The van der Waals surface area contributed by atoms with Crippen molar-refractivity contribution in [2.75, 3.05) is 7.11 Å². The van der Waals surface area contributed by atoms with E-state index in [-0.39, 0.29) is 0 Å². The Morgan fingerprint density at radius 2 is 2.00 bits per heavy atom. The zero-order chi connectivity index (χ0) is 10.7. The van der Waals surface area contributed by atoms with E-state index in [0.717, 1.165) is 16.9 Å². The average molecular weight is 220 g/mol. The molecule has 0 saturated heterocycles. The molecule has 0 spiro atoms. The molecular weight excluding hydrogens is 210 g/mol. The lowest BCUT2D eigenvalue weighted by Gasteiger charge is -2.04. The first-order valence-corrected chi connectivity index (χ1v) is 4.93. The number of benzene rings is 1. The topological polar surface area (TPSA) is 22.1 Å². The molecule has 0 N–H and O–H groups in total. The van der Waals surface area contributed by atoms with Gasteiger partial charge in [0.05, 0.1) is 7.11 Å². The summed E-state index contributed by atoms with van der Waals surface area (Å²) in [5.41, 5.74) is 2.09. The van der Waals surface area contributed by atoms with Crippen LogP contribution in [-0.2, 0) is 0 Å². The Labute approximate surface area is 93.5 Å². The lowest BCUT2D eigenvalue weighted by atomic mass is 10.1. The number of ether oxygens (including phenoxy) is 1. The first-order valence-electron chi connectivity index (χ1n) is 4.55. The van der Waals surface area contributed by atoms with Crippen LogP contribution in [0.3, 0.4) is 0 Å². The molecule has 0 aliphatic heterocycles. The molecule has 0 fully saturated rings. The number of rotatable bonds is 2. The highest BCUT2D eigenvalue weighted by Crippen LogP contribution is 2.23. The zero-order valence-corrected chi connectivity index (χ0v) is 9.03. The molecule has 1 heterocycles. The summed E-state index contributed by atoms with van der Waals surface area (Å²) in [5.74, 6) is 0.836. The molecule has 1 aromatic carbocycles. The molecule has 2 aromatic rings. The highest BCUT2D eigenvalue weighted by atomic mass is 35.5. The number of methoxy groups -OCH3 is 1. The molecule has 0 amide bonds. The third kappa shape index (κ3) is 2.28. The second-order valence-electron chi connectivity index (χ2n) is 3.10. The van der Waals surface area contributed by atoms with Gasteiger partial charge in [0.1, 0.15) is 10.9 Å². The maximum Gasteiger partial charge on any atom is 0.129 e. The summed E-state index contributed by atoms with van der Waals surface area (Å²) in [4.78, 5) is 4.04. The number of halogens is 1. The summed E-state index contributed by atoms with van der Waals surface area (Å²) >= 11 is 5.72. The van der Waals surface area contributed by atoms with Gasteiger partial charge in [0.15, 0.2) is 0 Å². The molecule has 0 aliphatic rings. The van der Waals surface area contributed by atoms with E-state index >= 15 is 0 Å². The van der Waals surface area contributed by atoms with Crippen LogP contribution in [0.2, 0.25) is 5.15 Å². The number of hydrogen-bond acceptors (Lipinski definition) is 2. The Morgan fingerprint density at radius 3 is 2.67 bits per heavy atom. The van der Waals surface area contributed by atoms with Crippen molar-refractivity contribution < 1.29 is 4.74 Å². The van der Waals surface area contributed by atoms with E-state index in [0.29, 0.717) is 5.15 Å².